The van der Waals surface area contributed by atoms with Crippen molar-refractivity contribution in [1.29, 1.82) is 5.26 Å². The number of pyridine rings is 1. The Hall–Kier alpha value is -4.60. The molecular formula is C32H31N3O7S2. The maximum absolute atomic E-state index is 13.4. The van der Waals surface area contributed by atoms with Crippen molar-refractivity contribution in [1.82, 2.24) is 9.47 Å². The number of hydrogen-bond acceptors (Lipinski definition) is 10. The largest absolute Gasteiger partial charge is 0.497 e. The van der Waals surface area contributed by atoms with Gasteiger partial charge in [-0.15, -0.1) is 0 Å². The molecule has 0 unspecified atom stereocenters. The molecule has 3 aromatic rings. The lowest BCUT2D eigenvalue weighted by molar-refractivity contribution is -0.122. The lowest BCUT2D eigenvalue weighted by Crippen LogP contribution is -2.30. The predicted molar refractivity (Wildman–Crippen MR) is 172 cm³/mol. The number of Topliss-reactive ketones (excluding diaryl/α,β-unsaturated/α-hetero) is 1. The molecule has 1 aromatic heterocycles. The normalized spacial score (nSPS) is 13.7. The Bertz CT molecular complexity index is 1740. The average Bonchev–Trinajstić information content (AvgIpc) is 3.28. The van der Waals surface area contributed by atoms with Crippen LogP contribution in [0.5, 0.6) is 23.1 Å². The van der Waals surface area contributed by atoms with E-state index in [0.717, 1.165) is 15.7 Å². The summed E-state index contributed by atoms with van der Waals surface area (Å²) >= 11 is 6.61. The molecular weight excluding hydrogens is 603 g/mol. The number of aromatic nitrogens is 1. The number of methoxy groups -OCH3 is 3. The molecule has 12 heteroatoms. The van der Waals surface area contributed by atoms with Crippen molar-refractivity contribution in [3.05, 3.63) is 85.5 Å². The Labute approximate surface area is 264 Å². The van der Waals surface area contributed by atoms with E-state index in [0.29, 0.717) is 32.9 Å². The Kier molecular flexibility index (Phi) is 10.5. The zero-order chi connectivity index (χ0) is 32.0. The van der Waals surface area contributed by atoms with Crippen molar-refractivity contribution in [2.75, 3.05) is 27.9 Å². The van der Waals surface area contributed by atoms with E-state index in [4.69, 9.17) is 26.4 Å². The number of ether oxygens (including phenoxy) is 3. The molecule has 10 nitrogen and oxygen atoms in total. The molecule has 1 saturated heterocycles. The first-order valence-electron chi connectivity index (χ1n) is 13.6. The van der Waals surface area contributed by atoms with E-state index in [9.17, 15) is 24.8 Å². The molecule has 1 fully saturated rings. The van der Waals surface area contributed by atoms with Gasteiger partial charge in [-0.1, -0.05) is 42.2 Å². The number of aromatic hydroxyl groups is 1. The summed E-state index contributed by atoms with van der Waals surface area (Å²) in [6, 6.07) is 14.4. The molecule has 2 heterocycles. The third kappa shape index (κ3) is 6.79. The van der Waals surface area contributed by atoms with Crippen LogP contribution in [0.3, 0.4) is 0 Å². The van der Waals surface area contributed by atoms with E-state index in [-0.39, 0.29) is 48.5 Å². The number of hydrogen-bond donors (Lipinski definition) is 1. The van der Waals surface area contributed by atoms with Crippen LogP contribution in [0.1, 0.15) is 45.5 Å². The van der Waals surface area contributed by atoms with Crippen LogP contribution in [-0.4, -0.2) is 58.5 Å². The molecule has 0 saturated carbocycles. The van der Waals surface area contributed by atoms with E-state index in [1.807, 2.05) is 18.2 Å². The topological polar surface area (TPSA) is 131 Å². The molecule has 1 aliphatic heterocycles. The highest BCUT2D eigenvalue weighted by atomic mass is 32.2. The van der Waals surface area contributed by atoms with Gasteiger partial charge in [0.15, 0.2) is 17.3 Å². The minimum Gasteiger partial charge on any atom is -0.497 e. The summed E-state index contributed by atoms with van der Waals surface area (Å²) in [5, 5.41) is 20.8. The Morgan fingerprint density at radius 3 is 2.39 bits per heavy atom. The van der Waals surface area contributed by atoms with Gasteiger partial charge in [0.1, 0.15) is 21.7 Å². The summed E-state index contributed by atoms with van der Waals surface area (Å²) in [5.41, 5.74) is 0.765. The third-order valence-corrected chi connectivity index (χ3v) is 8.60. The molecule has 4 rings (SSSR count). The SMILES string of the molecule is COc1ccc(/C=C2\SC(=S)N(CCCC(=O)c3c(C)c(C#N)c(=O)n(CCc4ccc(OC)c(OC)c4)c3O)C2=O)cc1. The first-order valence-corrected chi connectivity index (χ1v) is 14.9. The monoisotopic (exact) mass is 633 g/mol. The molecule has 0 bridgehead atoms. The van der Waals surface area contributed by atoms with Gasteiger partial charge in [-0.2, -0.15) is 5.26 Å². The fourth-order valence-electron chi connectivity index (χ4n) is 4.84. The van der Waals surface area contributed by atoms with Gasteiger partial charge in [-0.3, -0.25) is 23.9 Å². The number of benzene rings is 2. The molecule has 0 spiro atoms. The minimum absolute atomic E-state index is 0.0203. The van der Waals surface area contributed by atoms with Crippen molar-refractivity contribution >= 4 is 46.1 Å². The van der Waals surface area contributed by atoms with Gasteiger partial charge in [0.25, 0.3) is 11.5 Å². The lowest BCUT2D eigenvalue weighted by Gasteiger charge is -2.17. The first kappa shape index (κ1) is 32.3. The number of amides is 1. The van der Waals surface area contributed by atoms with Crippen LogP contribution in [-0.2, 0) is 17.8 Å². The summed E-state index contributed by atoms with van der Waals surface area (Å²) in [7, 11) is 4.62. The number of aryl methyl sites for hydroxylation is 1. The fraction of sp³-hybridized carbons (Fsp3) is 0.281. The van der Waals surface area contributed by atoms with Crippen LogP contribution in [0.4, 0.5) is 0 Å². The smallest absolute Gasteiger partial charge is 0.271 e. The number of rotatable bonds is 12. The van der Waals surface area contributed by atoms with Crippen molar-refractivity contribution in [2.45, 2.75) is 32.7 Å². The number of ketones is 1. The Morgan fingerprint density at radius 1 is 1.05 bits per heavy atom. The van der Waals surface area contributed by atoms with Crippen LogP contribution < -0.4 is 19.8 Å². The highest BCUT2D eigenvalue weighted by molar-refractivity contribution is 8.26. The number of carbonyl (C=O) groups is 2. The maximum Gasteiger partial charge on any atom is 0.271 e. The fourth-order valence-corrected chi connectivity index (χ4v) is 6.14. The molecule has 1 N–H and O–H groups in total. The summed E-state index contributed by atoms with van der Waals surface area (Å²) in [5.74, 6) is 0.566. The zero-order valence-corrected chi connectivity index (χ0v) is 26.3. The van der Waals surface area contributed by atoms with E-state index >= 15 is 0 Å². The third-order valence-electron chi connectivity index (χ3n) is 7.22. The van der Waals surface area contributed by atoms with E-state index in [1.54, 1.807) is 43.5 Å². The van der Waals surface area contributed by atoms with Crippen LogP contribution >= 0.6 is 24.0 Å². The van der Waals surface area contributed by atoms with Crippen LogP contribution in [0.25, 0.3) is 6.08 Å². The minimum atomic E-state index is -0.680. The van der Waals surface area contributed by atoms with Gasteiger partial charge in [-0.05, 0) is 66.8 Å². The number of nitrogens with zero attached hydrogens (tertiary/aromatic N) is 3. The van der Waals surface area contributed by atoms with Crippen LogP contribution in [0.15, 0.2) is 52.2 Å². The highest BCUT2D eigenvalue weighted by Gasteiger charge is 2.32. The van der Waals surface area contributed by atoms with Crippen LogP contribution in [0.2, 0.25) is 0 Å². The highest BCUT2D eigenvalue weighted by Crippen LogP contribution is 2.33. The van der Waals surface area contributed by atoms with Gasteiger partial charge < -0.3 is 19.3 Å². The van der Waals surface area contributed by atoms with Crippen molar-refractivity contribution in [3.63, 3.8) is 0 Å². The number of thioether (sulfide) groups is 1. The first-order chi connectivity index (χ1) is 21.1. The van der Waals surface area contributed by atoms with Gasteiger partial charge in [-0.25, -0.2) is 0 Å². The van der Waals surface area contributed by atoms with Crippen LogP contribution in [0, 0.1) is 18.3 Å². The molecule has 0 atom stereocenters. The summed E-state index contributed by atoms with van der Waals surface area (Å²) in [6.07, 6.45) is 2.28. The molecule has 0 aliphatic carbocycles. The molecule has 2 aromatic carbocycles. The molecule has 228 valence electrons. The van der Waals surface area contributed by atoms with E-state index in [2.05, 4.69) is 0 Å². The Balaban J connectivity index is 1.47. The predicted octanol–water partition coefficient (Wildman–Crippen LogP) is 4.87. The molecule has 1 amide bonds. The molecule has 1 aliphatic rings. The second-order valence-corrected chi connectivity index (χ2v) is 11.5. The van der Waals surface area contributed by atoms with E-state index in [1.165, 1.54) is 37.8 Å². The standard InChI is InChI=1S/C32H31N3O7S2/c1-19-23(18-33)29(37)34(15-13-21-9-12-25(41-3)26(16-21)42-4)31(39)28(19)24(36)6-5-14-35-30(38)27(44-32(35)43)17-20-7-10-22(40-2)11-8-20/h7-12,16-17,39H,5-6,13-15H2,1-4H3/b27-17-. The number of thiocarbonyl (C=S) groups is 1. The van der Waals surface area contributed by atoms with Gasteiger partial charge in [0, 0.05) is 19.5 Å². The Morgan fingerprint density at radius 2 is 1.75 bits per heavy atom. The van der Waals surface area contributed by atoms with E-state index < -0.39 is 17.2 Å². The second kappa shape index (κ2) is 14.2. The summed E-state index contributed by atoms with van der Waals surface area (Å²) in [6.45, 7) is 1.68. The summed E-state index contributed by atoms with van der Waals surface area (Å²) in [4.78, 5) is 41.4. The maximum atomic E-state index is 13.4. The molecule has 44 heavy (non-hydrogen) atoms. The van der Waals surface area contributed by atoms with Crippen molar-refractivity contribution in [3.8, 4) is 29.2 Å². The molecule has 0 radical (unpaired) electrons. The average molecular weight is 634 g/mol. The van der Waals surface area contributed by atoms with Crippen molar-refractivity contribution < 1.29 is 28.9 Å². The van der Waals surface area contributed by atoms with Gasteiger partial charge in [0.05, 0.1) is 31.8 Å². The second-order valence-electron chi connectivity index (χ2n) is 9.84. The summed E-state index contributed by atoms with van der Waals surface area (Å²) < 4.78 is 17.2. The zero-order valence-electron chi connectivity index (χ0n) is 24.7. The number of nitriles is 1. The van der Waals surface area contributed by atoms with Gasteiger partial charge in [0.2, 0.25) is 5.88 Å². The lowest BCUT2D eigenvalue weighted by atomic mass is 9.99. The number of carbonyl (C=O) groups excluding carboxylic acids is 2. The van der Waals surface area contributed by atoms with Gasteiger partial charge >= 0.3 is 0 Å². The quantitative estimate of drug-likeness (QED) is 0.168. The van der Waals surface area contributed by atoms with Crippen molar-refractivity contribution in [2.24, 2.45) is 0 Å².